The van der Waals surface area contributed by atoms with Crippen LogP contribution in [-0.4, -0.2) is 34.4 Å². The number of carboxylic acid groups (broad SMARTS) is 1. The maximum atomic E-state index is 13.2. The Hall–Kier alpha value is -4.07. The molecule has 3 N–H and O–H groups in total. The van der Waals surface area contributed by atoms with Gasteiger partial charge in [0.1, 0.15) is 5.58 Å². The van der Waals surface area contributed by atoms with Gasteiger partial charge in [-0.15, -0.1) is 0 Å². The average molecular weight is 473 g/mol. The molecule has 8 heteroatoms. The number of nitrogens with one attached hydrogen (secondary N) is 2. The molecule has 2 aromatic carbocycles. The summed E-state index contributed by atoms with van der Waals surface area (Å²) in [6, 6.07) is 11.9. The lowest BCUT2D eigenvalue weighted by atomic mass is 9.93. The van der Waals surface area contributed by atoms with Gasteiger partial charge < -0.3 is 19.7 Å². The summed E-state index contributed by atoms with van der Waals surface area (Å²) in [4.78, 5) is 27.0. The Bertz CT molecular complexity index is 1430. The second-order valence-electron chi connectivity index (χ2n) is 9.21. The molecule has 4 aromatic rings. The molecular weight excluding hydrogens is 444 g/mol. The molecule has 1 unspecified atom stereocenters. The van der Waals surface area contributed by atoms with E-state index >= 15 is 0 Å². The number of para-hydroxylation sites is 1. The third-order valence-electron chi connectivity index (χ3n) is 6.71. The van der Waals surface area contributed by atoms with Crippen molar-refractivity contribution in [2.75, 3.05) is 23.3 Å². The Kier molecular flexibility index (Phi) is 6.03. The molecule has 0 spiro atoms. The second-order valence-corrected chi connectivity index (χ2v) is 9.21. The van der Waals surface area contributed by atoms with E-state index in [0.717, 1.165) is 42.6 Å². The highest BCUT2D eigenvalue weighted by atomic mass is 16.4. The van der Waals surface area contributed by atoms with Crippen LogP contribution in [0.1, 0.15) is 58.8 Å². The largest absolute Gasteiger partial charge is 0.478 e. The van der Waals surface area contributed by atoms with Crippen molar-refractivity contribution in [2.24, 2.45) is 0 Å². The molecular formula is C27H28N4O4. The Morgan fingerprint density at radius 2 is 2.11 bits per heavy atom. The molecule has 0 radical (unpaired) electrons. The molecule has 1 aliphatic heterocycles. The number of carboxylic acids is 1. The minimum atomic E-state index is -1.000. The van der Waals surface area contributed by atoms with Crippen molar-refractivity contribution in [3.8, 4) is 0 Å². The smallest absolute Gasteiger partial charge is 0.337 e. The number of fused-ring (bicyclic) bond motifs is 1. The molecule has 0 bridgehead atoms. The summed E-state index contributed by atoms with van der Waals surface area (Å²) in [6.07, 6.45) is 5.83. The van der Waals surface area contributed by atoms with Crippen LogP contribution in [0.15, 0.2) is 64.1 Å². The standard InChI is InChI=1S/C27H28N4O4/c1-16-10-21(17(2)30-23-8-4-3-7-20(23)27(33)34)26-22(11-16)24(32)12-25(35-26)31-9-5-6-18(15-31)19-13-28-29-14-19/h3-4,7-8,10-14,17-18,30H,5-6,9,15H2,1-2H3,(H,28,29)(H,33,34)/t17?,18-/m0/s1. The lowest BCUT2D eigenvalue weighted by molar-refractivity contribution is 0.0698. The topological polar surface area (TPSA) is 111 Å². The van der Waals surface area contributed by atoms with Crippen molar-refractivity contribution < 1.29 is 14.3 Å². The number of rotatable bonds is 6. The van der Waals surface area contributed by atoms with Crippen LogP contribution >= 0.6 is 0 Å². The van der Waals surface area contributed by atoms with Gasteiger partial charge in [0.2, 0.25) is 0 Å². The second kappa shape index (κ2) is 9.29. The first-order chi connectivity index (χ1) is 16.9. The number of carbonyl (C=O) groups is 1. The van der Waals surface area contributed by atoms with Crippen LogP contribution < -0.4 is 15.6 Å². The Morgan fingerprint density at radius 1 is 1.29 bits per heavy atom. The van der Waals surface area contributed by atoms with Gasteiger partial charge in [-0.1, -0.05) is 18.2 Å². The summed E-state index contributed by atoms with van der Waals surface area (Å²) >= 11 is 0. The van der Waals surface area contributed by atoms with Crippen LogP contribution in [0.25, 0.3) is 11.0 Å². The molecule has 0 aliphatic carbocycles. The van der Waals surface area contributed by atoms with Gasteiger partial charge in [0, 0.05) is 42.5 Å². The molecule has 5 rings (SSSR count). The average Bonchev–Trinajstić information content (AvgIpc) is 3.39. The number of hydrogen-bond acceptors (Lipinski definition) is 6. The van der Waals surface area contributed by atoms with E-state index in [0.29, 0.717) is 28.5 Å². The summed E-state index contributed by atoms with van der Waals surface area (Å²) in [7, 11) is 0. The molecule has 8 nitrogen and oxygen atoms in total. The molecule has 1 aliphatic rings. The predicted molar refractivity (Wildman–Crippen MR) is 135 cm³/mol. The van der Waals surface area contributed by atoms with Crippen LogP contribution in [0.2, 0.25) is 0 Å². The van der Waals surface area contributed by atoms with E-state index in [4.69, 9.17) is 4.42 Å². The maximum absolute atomic E-state index is 13.2. The van der Waals surface area contributed by atoms with E-state index in [2.05, 4.69) is 20.4 Å². The van der Waals surface area contributed by atoms with E-state index in [1.165, 1.54) is 0 Å². The van der Waals surface area contributed by atoms with Gasteiger partial charge in [0.25, 0.3) is 0 Å². The number of H-pyrrole nitrogens is 1. The molecule has 180 valence electrons. The third kappa shape index (κ3) is 4.51. The van der Waals surface area contributed by atoms with Gasteiger partial charge in [-0.25, -0.2) is 4.79 Å². The molecule has 0 saturated carbocycles. The first-order valence-corrected chi connectivity index (χ1v) is 11.8. The van der Waals surface area contributed by atoms with E-state index in [-0.39, 0.29) is 17.0 Å². The number of aryl methyl sites for hydroxylation is 1. The van der Waals surface area contributed by atoms with Crippen molar-refractivity contribution in [3.63, 3.8) is 0 Å². The van der Waals surface area contributed by atoms with Gasteiger partial charge in [-0.05, 0) is 56.0 Å². The Morgan fingerprint density at radius 3 is 2.89 bits per heavy atom. The SMILES string of the molecule is Cc1cc(C(C)Nc2ccccc2C(=O)O)c2oc(N3CCC[C@H](c4cn[nH]c4)C3)cc(=O)c2c1. The number of hydrogen-bond donors (Lipinski definition) is 3. The molecule has 2 aromatic heterocycles. The number of piperidine rings is 1. The normalized spacial score (nSPS) is 16.9. The molecule has 3 heterocycles. The van der Waals surface area contributed by atoms with Gasteiger partial charge in [-0.3, -0.25) is 9.89 Å². The lowest BCUT2D eigenvalue weighted by Crippen LogP contribution is -2.34. The van der Waals surface area contributed by atoms with Crippen LogP contribution in [0, 0.1) is 6.92 Å². The summed E-state index contributed by atoms with van der Waals surface area (Å²) in [5.74, 6) is -0.131. The van der Waals surface area contributed by atoms with Crippen molar-refractivity contribution in [1.29, 1.82) is 0 Å². The van der Waals surface area contributed by atoms with Crippen LogP contribution in [0.5, 0.6) is 0 Å². The number of aromatic amines is 1. The van der Waals surface area contributed by atoms with E-state index in [1.807, 2.05) is 38.4 Å². The number of aromatic nitrogens is 2. The third-order valence-corrected chi connectivity index (χ3v) is 6.71. The van der Waals surface area contributed by atoms with Gasteiger partial charge in [0.15, 0.2) is 11.3 Å². The molecule has 2 atom stereocenters. The summed E-state index contributed by atoms with van der Waals surface area (Å²) in [6.45, 7) is 5.43. The van der Waals surface area contributed by atoms with E-state index in [1.54, 1.807) is 30.3 Å². The number of anilines is 2. The fourth-order valence-electron chi connectivity index (χ4n) is 4.94. The van der Waals surface area contributed by atoms with Gasteiger partial charge >= 0.3 is 5.97 Å². The highest BCUT2D eigenvalue weighted by molar-refractivity contribution is 5.94. The lowest BCUT2D eigenvalue weighted by Gasteiger charge is -2.33. The van der Waals surface area contributed by atoms with Crippen LogP contribution in [0.3, 0.4) is 0 Å². The fourth-order valence-corrected chi connectivity index (χ4v) is 4.94. The van der Waals surface area contributed by atoms with Crippen molar-refractivity contribution >= 4 is 28.5 Å². The Labute approximate surface area is 202 Å². The Balaban J connectivity index is 1.53. The predicted octanol–water partition coefficient (Wildman–Crippen LogP) is 5.08. The molecule has 35 heavy (non-hydrogen) atoms. The molecule has 1 fully saturated rings. The van der Waals surface area contributed by atoms with Gasteiger partial charge in [0.05, 0.1) is 23.2 Å². The monoisotopic (exact) mass is 472 g/mol. The zero-order chi connectivity index (χ0) is 24.5. The van der Waals surface area contributed by atoms with Crippen molar-refractivity contribution in [2.45, 2.75) is 38.6 Å². The number of aromatic carboxylic acids is 1. The molecule has 0 amide bonds. The quantitative estimate of drug-likeness (QED) is 0.359. The maximum Gasteiger partial charge on any atom is 0.337 e. The van der Waals surface area contributed by atoms with Crippen LogP contribution in [0.4, 0.5) is 11.6 Å². The number of nitrogens with zero attached hydrogens (tertiary/aromatic N) is 2. The zero-order valence-corrected chi connectivity index (χ0v) is 19.7. The highest BCUT2D eigenvalue weighted by Gasteiger charge is 2.25. The summed E-state index contributed by atoms with van der Waals surface area (Å²) < 4.78 is 6.42. The first kappa shape index (κ1) is 22.7. The van der Waals surface area contributed by atoms with Crippen molar-refractivity contribution in [3.05, 3.63) is 87.3 Å². The van der Waals surface area contributed by atoms with E-state index in [9.17, 15) is 14.7 Å². The summed E-state index contributed by atoms with van der Waals surface area (Å²) in [5.41, 5.74) is 4.04. The summed E-state index contributed by atoms with van der Waals surface area (Å²) in [5, 5.41) is 20.4. The zero-order valence-electron chi connectivity index (χ0n) is 19.7. The first-order valence-electron chi connectivity index (χ1n) is 11.8. The van der Waals surface area contributed by atoms with Crippen molar-refractivity contribution in [1.82, 2.24) is 10.2 Å². The fraction of sp³-hybridized carbons (Fsp3) is 0.296. The minimum absolute atomic E-state index is 0.0882. The van der Waals surface area contributed by atoms with Gasteiger partial charge in [-0.2, -0.15) is 5.10 Å². The molecule has 1 saturated heterocycles. The number of benzene rings is 2. The minimum Gasteiger partial charge on any atom is -0.478 e. The van der Waals surface area contributed by atoms with E-state index < -0.39 is 5.97 Å². The highest BCUT2D eigenvalue weighted by Crippen LogP contribution is 2.33. The van der Waals surface area contributed by atoms with Crippen LogP contribution in [-0.2, 0) is 0 Å².